The van der Waals surface area contributed by atoms with Crippen LogP contribution in [0, 0.1) is 10.1 Å². The molecule has 0 bridgehead atoms. The van der Waals surface area contributed by atoms with Crippen LogP contribution in [0.4, 0.5) is 11.6 Å². The average Bonchev–Trinajstić information content (AvgIpc) is 2.72. The van der Waals surface area contributed by atoms with E-state index >= 15 is 0 Å². The molecule has 1 aromatic heterocycles. The number of nitrogens with zero attached hydrogens (tertiary/aromatic N) is 4. The molecule has 0 aromatic carbocycles. The molecule has 0 aliphatic rings. The van der Waals surface area contributed by atoms with Gasteiger partial charge in [-0.05, 0) is 30.7 Å². The summed E-state index contributed by atoms with van der Waals surface area (Å²) in [5.74, 6) is -0.283. The average molecular weight is 306 g/mol. The van der Waals surface area contributed by atoms with Crippen molar-refractivity contribution in [2.75, 3.05) is 19.8 Å². The van der Waals surface area contributed by atoms with Gasteiger partial charge in [0.2, 0.25) is 12.1 Å². The highest BCUT2D eigenvalue weighted by Gasteiger charge is 2.28. The van der Waals surface area contributed by atoms with Crippen LogP contribution >= 0.6 is 7.74 Å². The largest absolute Gasteiger partial charge is 0.408 e. The topological polar surface area (TPSA) is 101 Å². The molecule has 0 amide bonds. The molecule has 9 nitrogen and oxygen atoms in total. The summed E-state index contributed by atoms with van der Waals surface area (Å²) in [6.07, 6.45) is 1.31. The van der Waals surface area contributed by atoms with Crippen LogP contribution in [0.5, 0.6) is 0 Å². The quantitative estimate of drug-likeness (QED) is 0.415. The van der Waals surface area contributed by atoms with Gasteiger partial charge in [0.1, 0.15) is 0 Å². The Bertz CT molecular complexity index is 492. The minimum atomic E-state index is -3.02. The maximum atomic E-state index is 11.0. The molecule has 0 atom stereocenters. The van der Waals surface area contributed by atoms with Crippen LogP contribution in [0.15, 0.2) is 11.1 Å². The Morgan fingerprint density at radius 2 is 1.80 bits per heavy atom. The molecule has 20 heavy (non-hydrogen) atoms. The summed E-state index contributed by atoms with van der Waals surface area (Å²) in [6, 6.07) is 0. The molecule has 10 heteroatoms. The monoisotopic (exact) mass is 306 g/mol. The van der Waals surface area contributed by atoms with Crippen LogP contribution in [0.1, 0.15) is 20.8 Å². The van der Waals surface area contributed by atoms with E-state index in [2.05, 4.69) is 9.73 Å². The highest BCUT2D eigenvalue weighted by atomic mass is 31.2. The van der Waals surface area contributed by atoms with Crippen molar-refractivity contribution in [2.45, 2.75) is 20.8 Å². The fraction of sp³-hybridized carbons (Fsp3) is 0.700. The highest BCUT2D eigenvalue weighted by Crippen LogP contribution is 2.56. The normalized spacial score (nSPS) is 11.6. The molecular formula is C10H19N4O5P. The smallest absolute Gasteiger partial charge is 0.358 e. The maximum Gasteiger partial charge on any atom is 0.408 e. The van der Waals surface area contributed by atoms with E-state index in [0.29, 0.717) is 19.8 Å². The van der Waals surface area contributed by atoms with Crippen molar-refractivity contribution in [2.24, 2.45) is 11.8 Å². The Morgan fingerprint density at radius 3 is 2.20 bits per heavy atom. The van der Waals surface area contributed by atoms with Gasteiger partial charge in [0.25, 0.3) is 0 Å². The number of imidazole rings is 1. The SMILES string of the molecule is CCOP(=Nc1c([N+](=O)[O-])ncn1C)(OCC)OCC. The Balaban J connectivity index is 3.37. The fourth-order valence-electron chi connectivity index (χ4n) is 1.46. The van der Waals surface area contributed by atoms with Crippen molar-refractivity contribution in [3.63, 3.8) is 0 Å². The molecule has 0 aliphatic carbocycles. The van der Waals surface area contributed by atoms with Gasteiger partial charge >= 0.3 is 13.6 Å². The lowest BCUT2D eigenvalue weighted by Crippen LogP contribution is -2.01. The van der Waals surface area contributed by atoms with E-state index in [1.807, 2.05) is 0 Å². The highest BCUT2D eigenvalue weighted by molar-refractivity contribution is 7.51. The van der Waals surface area contributed by atoms with E-state index in [1.54, 1.807) is 27.8 Å². The molecule has 0 N–H and O–H groups in total. The van der Waals surface area contributed by atoms with Crippen LogP contribution in [0.2, 0.25) is 0 Å². The first kappa shape index (κ1) is 16.8. The molecule has 0 aliphatic heterocycles. The lowest BCUT2D eigenvalue weighted by Gasteiger charge is -2.21. The summed E-state index contributed by atoms with van der Waals surface area (Å²) < 4.78 is 22.2. The van der Waals surface area contributed by atoms with E-state index in [-0.39, 0.29) is 11.6 Å². The Kier molecular flexibility index (Phi) is 6.28. The molecule has 0 fully saturated rings. The van der Waals surface area contributed by atoms with E-state index in [0.717, 1.165) is 0 Å². The summed E-state index contributed by atoms with van der Waals surface area (Å²) in [7, 11) is -1.41. The van der Waals surface area contributed by atoms with Crippen molar-refractivity contribution in [1.29, 1.82) is 0 Å². The van der Waals surface area contributed by atoms with Gasteiger partial charge in [0, 0.05) is 7.05 Å². The summed E-state index contributed by atoms with van der Waals surface area (Å²) in [6.45, 7) is 6.30. The number of aromatic nitrogens is 2. The number of rotatable bonds is 8. The van der Waals surface area contributed by atoms with Crippen LogP contribution in [0.25, 0.3) is 0 Å². The number of aryl methyl sites for hydroxylation is 1. The van der Waals surface area contributed by atoms with Gasteiger partial charge in [-0.15, -0.1) is 0 Å². The Hall–Kier alpha value is -1.28. The molecule has 1 rings (SSSR count). The fourth-order valence-corrected chi connectivity index (χ4v) is 3.30. The second-order valence-corrected chi connectivity index (χ2v) is 5.49. The molecule has 1 aromatic rings. The predicted molar refractivity (Wildman–Crippen MR) is 73.7 cm³/mol. The molecule has 0 spiro atoms. The lowest BCUT2D eigenvalue weighted by molar-refractivity contribution is -0.388. The van der Waals surface area contributed by atoms with Crippen molar-refractivity contribution in [1.82, 2.24) is 9.55 Å². The molecular weight excluding hydrogens is 287 g/mol. The molecule has 0 saturated heterocycles. The minimum absolute atomic E-state index is 0.0682. The number of hydrogen-bond acceptors (Lipinski definition) is 7. The van der Waals surface area contributed by atoms with E-state index in [1.165, 1.54) is 10.9 Å². The van der Waals surface area contributed by atoms with Crippen LogP contribution in [0.3, 0.4) is 0 Å². The first-order valence-electron chi connectivity index (χ1n) is 6.21. The number of hydrogen-bond donors (Lipinski definition) is 0. The molecule has 1 heterocycles. The van der Waals surface area contributed by atoms with Crippen molar-refractivity contribution in [3.8, 4) is 0 Å². The summed E-state index contributed by atoms with van der Waals surface area (Å²) >= 11 is 0. The van der Waals surface area contributed by atoms with Crippen molar-refractivity contribution < 1.29 is 18.5 Å². The van der Waals surface area contributed by atoms with Gasteiger partial charge in [-0.1, -0.05) is 0 Å². The van der Waals surface area contributed by atoms with Gasteiger partial charge in [-0.25, -0.2) is 0 Å². The predicted octanol–water partition coefficient (Wildman–Crippen LogP) is 3.02. The van der Waals surface area contributed by atoms with Gasteiger partial charge in [-0.3, -0.25) is 4.57 Å². The summed E-state index contributed by atoms with van der Waals surface area (Å²) in [5.41, 5.74) is 0. The second-order valence-electron chi connectivity index (χ2n) is 3.58. The lowest BCUT2D eigenvalue weighted by atomic mass is 10.7. The number of nitro groups is 1. The zero-order valence-electron chi connectivity index (χ0n) is 12.0. The Labute approximate surface area is 117 Å². The minimum Gasteiger partial charge on any atom is -0.358 e. The third-order valence-electron chi connectivity index (χ3n) is 2.15. The molecule has 0 unspecified atom stereocenters. The molecule has 0 saturated carbocycles. The van der Waals surface area contributed by atoms with E-state index < -0.39 is 12.7 Å². The third-order valence-corrected chi connectivity index (χ3v) is 4.34. The van der Waals surface area contributed by atoms with Crippen molar-refractivity contribution >= 4 is 19.4 Å². The second kappa shape index (κ2) is 7.49. The maximum absolute atomic E-state index is 11.0. The zero-order valence-corrected chi connectivity index (χ0v) is 12.9. The standard InChI is InChI=1S/C10H19N4O5P/c1-5-17-20(18-6-2,19-7-3)12-10-9(14(15)16)11-8-13(10)4/h8H,5-7H2,1-4H3. The van der Waals surface area contributed by atoms with Crippen molar-refractivity contribution in [3.05, 3.63) is 16.4 Å². The molecule has 0 radical (unpaired) electrons. The first-order valence-corrected chi connectivity index (χ1v) is 7.70. The van der Waals surface area contributed by atoms with Gasteiger partial charge in [0.05, 0.1) is 19.8 Å². The third kappa shape index (κ3) is 3.86. The summed E-state index contributed by atoms with van der Waals surface area (Å²) in [5, 5.41) is 11.0. The van der Waals surface area contributed by atoms with Crippen LogP contribution in [-0.2, 0) is 20.6 Å². The first-order chi connectivity index (χ1) is 9.49. The van der Waals surface area contributed by atoms with E-state index in [4.69, 9.17) is 13.6 Å². The Morgan fingerprint density at radius 1 is 1.30 bits per heavy atom. The zero-order chi connectivity index (χ0) is 15.2. The van der Waals surface area contributed by atoms with Crippen LogP contribution in [-0.4, -0.2) is 34.3 Å². The van der Waals surface area contributed by atoms with Gasteiger partial charge in [-0.2, -0.15) is 4.74 Å². The van der Waals surface area contributed by atoms with E-state index in [9.17, 15) is 10.1 Å². The molecule has 114 valence electrons. The van der Waals surface area contributed by atoms with Gasteiger partial charge < -0.3 is 23.7 Å². The summed E-state index contributed by atoms with van der Waals surface area (Å²) in [4.78, 5) is 14.1. The van der Waals surface area contributed by atoms with Gasteiger partial charge in [0.15, 0.2) is 0 Å². The van der Waals surface area contributed by atoms with Crippen LogP contribution < -0.4 is 0 Å².